The molecule has 128 valence electrons. The predicted octanol–water partition coefficient (Wildman–Crippen LogP) is 2.75. The first-order chi connectivity index (χ1) is 12.1. The highest BCUT2D eigenvalue weighted by atomic mass is 79.9. The molecule has 2 amide bonds. The number of para-hydroxylation sites is 2. The maximum absolute atomic E-state index is 12.8. The number of amides is 2. The number of benzene rings is 2. The number of nitrogens with one attached hydrogen (secondary N) is 1. The molecule has 4 rings (SSSR count). The van der Waals surface area contributed by atoms with E-state index in [0.717, 1.165) is 10.0 Å². The molecule has 0 unspecified atom stereocenters. The Labute approximate surface area is 152 Å². The van der Waals surface area contributed by atoms with Gasteiger partial charge in [0.25, 0.3) is 0 Å². The molecule has 2 aromatic carbocycles. The Morgan fingerprint density at radius 1 is 1.16 bits per heavy atom. The normalized spacial score (nSPS) is 15.4. The molecule has 7 heteroatoms. The Hall–Kier alpha value is -2.54. The van der Waals surface area contributed by atoms with Crippen LogP contribution in [-0.2, 0) is 16.0 Å². The largest absolute Gasteiger partial charge is 0.486 e. The van der Waals surface area contributed by atoms with Crippen LogP contribution >= 0.6 is 15.9 Å². The summed E-state index contributed by atoms with van der Waals surface area (Å²) < 4.78 is 11.9. The zero-order chi connectivity index (χ0) is 17.4. The fraction of sp³-hybridized carbons (Fsp3) is 0.222. The quantitative estimate of drug-likeness (QED) is 0.838. The van der Waals surface area contributed by atoms with Crippen molar-refractivity contribution in [2.24, 2.45) is 0 Å². The van der Waals surface area contributed by atoms with Crippen molar-refractivity contribution in [2.75, 3.05) is 30.0 Å². The smallest absolute Gasteiger partial charge is 0.244 e. The lowest BCUT2D eigenvalue weighted by Gasteiger charge is -2.29. The van der Waals surface area contributed by atoms with Crippen LogP contribution in [0.5, 0.6) is 11.5 Å². The molecule has 2 heterocycles. The van der Waals surface area contributed by atoms with Gasteiger partial charge in [-0.25, -0.2) is 0 Å². The van der Waals surface area contributed by atoms with Crippen molar-refractivity contribution < 1.29 is 19.1 Å². The van der Waals surface area contributed by atoms with E-state index in [0.29, 0.717) is 36.1 Å². The fourth-order valence-electron chi connectivity index (χ4n) is 2.96. The van der Waals surface area contributed by atoms with E-state index in [1.165, 1.54) is 4.90 Å². The van der Waals surface area contributed by atoms with Gasteiger partial charge in [-0.05, 0) is 29.8 Å². The number of carbonyl (C=O) groups is 2. The fourth-order valence-corrected chi connectivity index (χ4v) is 3.42. The molecular weight excluding hydrogens is 388 g/mol. The predicted molar refractivity (Wildman–Crippen MR) is 96.3 cm³/mol. The molecule has 0 atom stereocenters. The molecule has 1 N–H and O–H groups in total. The summed E-state index contributed by atoms with van der Waals surface area (Å²) in [5.74, 6) is 0.944. The van der Waals surface area contributed by atoms with E-state index in [2.05, 4.69) is 21.2 Å². The van der Waals surface area contributed by atoms with Gasteiger partial charge in [0, 0.05) is 4.47 Å². The van der Waals surface area contributed by atoms with Crippen molar-refractivity contribution >= 4 is 39.1 Å². The van der Waals surface area contributed by atoms with Crippen LogP contribution in [0.2, 0.25) is 0 Å². The second kappa shape index (κ2) is 6.40. The van der Waals surface area contributed by atoms with Crippen molar-refractivity contribution in [1.29, 1.82) is 0 Å². The maximum Gasteiger partial charge on any atom is 0.244 e. The molecule has 0 fully saturated rings. The summed E-state index contributed by atoms with van der Waals surface area (Å²) in [6.07, 6.45) is 0.152. The van der Waals surface area contributed by atoms with E-state index in [-0.39, 0.29) is 24.8 Å². The first-order valence-electron chi connectivity index (χ1n) is 7.89. The van der Waals surface area contributed by atoms with Crippen LogP contribution in [0.1, 0.15) is 5.56 Å². The van der Waals surface area contributed by atoms with Gasteiger partial charge in [0.2, 0.25) is 11.8 Å². The van der Waals surface area contributed by atoms with Crippen LogP contribution in [0, 0.1) is 0 Å². The summed E-state index contributed by atoms with van der Waals surface area (Å²) >= 11 is 3.49. The van der Waals surface area contributed by atoms with Crippen molar-refractivity contribution in [3.8, 4) is 11.5 Å². The van der Waals surface area contributed by atoms with Gasteiger partial charge in [0.05, 0.1) is 17.8 Å². The van der Waals surface area contributed by atoms with Crippen LogP contribution in [0.4, 0.5) is 11.4 Å². The summed E-state index contributed by atoms with van der Waals surface area (Å²) in [6.45, 7) is 1.01. The summed E-state index contributed by atoms with van der Waals surface area (Å²) in [6, 6.07) is 10.9. The number of hydrogen-bond donors (Lipinski definition) is 1. The summed E-state index contributed by atoms with van der Waals surface area (Å²) in [7, 11) is 0. The third-order valence-electron chi connectivity index (χ3n) is 4.12. The number of halogens is 1. The van der Waals surface area contributed by atoms with Crippen LogP contribution in [0.15, 0.2) is 40.9 Å². The van der Waals surface area contributed by atoms with Crippen LogP contribution in [-0.4, -0.2) is 31.6 Å². The van der Waals surface area contributed by atoms with Crippen molar-refractivity contribution in [3.63, 3.8) is 0 Å². The lowest BCUT2D eigenvalue weighted by molar-refractivity contribution is -0.121. The average molecular weight is 403 g/mol. The number of anilines is 2. The van der Waals surface area contributed by atoms with E-state index in [1.807, 2.05) is 30.3 Å². The minimum Gasteiger partial charge on any atom is -0.486 e. The van der Waals surface area contributed by atoms with Gasteiger partial charge in [-0.15, -0.1) is 0 Å². The van der Waals surface area contributed by atoms with Crippen molar-refractivity contribution in [1.82, 2.24) is 0 Å². The molecule has 0 bridgehead atoms. The van der Waals surface area contributed by atoms with Gasteiger partial charge in [0.15, 0.2) is 11.5 Å². The van der Waals surface area contributed by atoms with Crippen molar-refractivity contribution in [3.05, 3.63) is 46.4 Å². The molecule has 25 heavy (non-hydrogen) atoms. The third-order valence-corrected chi connectivity index (χ3v) is 4.86. The van der Waals surface area contributed by atoms with E-state index in [4.69, 9.17) is 9.47 Å². The highest BCUT2D eigenvalue weighted by Crippen LogP contribution is 2.36. The molecule has 6 nitrogen and oxygen atoms in total. The van der Waals surface area contributed by atoms with Gasteiger partial charge >= 0.3 is 0 Å². The SMILES string of the molecule is O=C1CN(C(=O)Cc2cc3c(cc2Br)OCCO3)c2ccccc2N1. The number of hydrogen-bond acceptors (Lipinski definition) is 4. The second-order valence-corrected chi connectivity index (χ2v) is 6.66. The standard InChI is InChI=1S/C18H15BrN2O4/c19-12-9-16-15(24-5-6-25-16)7-11(12)8-18(23)21-10-17(22)20-13-3-1-2-4-14(13)21/h1-4,7,9H,5-6,8,10H2,(H,20,22). The number of nitrogens with zero attached hydrogens (tertiary/aromatic N) is 1. The first kappa shape index (κ1) is 16.0. The second-order valence-electron chi connectivity index (χ2n) is 5.81. The number of fused-ring (bicyclic) bond motifs is 2. The van der Waals surface area contributed by atoms with E-state index in [9.17, 15) is 9.59 Å². The van der Waals surface area contributed by atoms with Gasteiger partial charge in [0.1, 0.15) is 19.8 Å². The Morgan fingerprint density at radius 3 is 2.68 bits per heavy atom. The highest BCUT2D eigenvalue weighted by molar-refractivity contribution is 9.10. The molecule has 0 saturated heterocycles. The monoisotopic (exact) mass is 402 g/mol. The van der Waals surface area contributed by atoms with Crippen LogP contribution in [0.3, 0.4) is 0 Å². The molecule has 2 aliphatic rings. The zero-order valence-electron chi connectivity index (χ0n) is 13.3. The lowest BCUT2D eigenvalue weighted by atomic mass is 10.1. The Bertz CT molecular complexity index is 868. The lowest BCUT2D eigenvalue weighted by Crippen LogP contribution is -2.42. The van der Waals surface area contributed by atoms with Crippen LogP contribution < -0.4 is 19.7 Å². The molecular formula is C18H15BrN2O4. The topological polar surface area (TPSA) is 67.9 Å². The van der Waals surface area contributed by atoms with Crippen molar-refractivity contribution in [2.45, 2.75) is 6.42 Å². The van der Waals surface area contributed by atoms with E-state index < -0.39 is 0 Å². The molecule has 0 aliphatic carbocycles. The third kappa shape index (κ3) is 3.07. The van der Waals surface area contributed by atoms with E-state index in [1.54, 1.807) is 6.07 Å². The van der Waals surface area contributed by atoms with Gasteiger partial charge in [-0.1, -0.05) is 28.1 Å². The minimum atomic E-state index is -0.201. The Balaban J connectivity index is 1.62. The Morgan fingerprint density at radius 2 is 1.88 bits per heavy atom. The number of ether oxygens (including phenoxy) is 2. The average Bonchev–Trinajstić information content (AvgIpc) is 2.61. The van der Waals surface area contributed by atoms with Gasteiger partial charge in [-0.2, -0.15) is 0 Å². The Kier molecular flexibility index (Phi) is 4.09. The molecule has 0 saturated carbocycles. The highest BCUT2D eigenvalue weighted by Gasteiger charge is 2.27. The van der Waals surface area contributed by atoms with Gasteiger partial charge < -0.3 is 19.7 Å². The molecule has 0 aromatic heterocycles. The summed E-state index contributed by atoms with van der Waals surface area (Å²) in [5.41, 5.74) is 2.15. The summed E-state index contributed by atoms with van der Waals surface area (Å²) in [5, 5.41) is 2.78. The number of carbonyl (C=O) groups excluding carboxylic acids is 2. The van der Waals surface area contributed by atoms with Gasteiger partial charge in [-0.3, -0.25) is 9.59 Å². The minimum absolute atomic E-state index is 0.0119. The summed E-state index contributed by atoms with van der Waals surface area (Å²) in [4.78, 5) is 26.3. The number of rotatable bonds is 2. The maximum atomic E-state index is 12.8. The molecule has 0 radical (unpaired) electrons. The zero-order valence-corrected chi connectivity index (χ0v) is 14.8. The first-order valence-corrected chi connectivity index (χ1v) is 8.68. The molecule has 0 spiro atoms. The molecule has 2 aliphatic heterocycles. The van der Waals surface area contributed by atoms with E-state index >= 15 is 0 Å². The van der Waals surface area contributed by atoms with Crippen LogP contribution in [0.25, 0.3) is 0 Å². The molecule has 2 aromatic rings.